The van der Waals surface area contributed by atoms with Gasteiger partial charge in [-0.15, -0.1) is 0 Å². The molecule has 2 N–H and O–H groups in total. The fraction of sp³-hybridized carbons (Fsp3) is 1.00. The van der Waals surface area contributed by atoms with Gasteiger partial charge in [0.1, 0.15) is 0 Å². The molecule has 0 aromatic rings. The lowest BCUT2D eigenvalue weighted by atomic mass is 9.80. The van der Waals surface area contributed by atoms with Gasteiger partial charge in [-0.1, -0.05) is 41.5 Å². The molecule has 0 spiro atoms. The molecule has 1 fully saturated rings. The van der Waals surface area contributed by atoms with Crippen molar-refractivity contribution in [3.05, 3.63) is 0 Å². The summed E-state index contributed by atoms with van der Waals surface area (Å²) in [6.07, 6.45) is 3.76. The van der Waals surface area contributed by atoms with E-state index < -0.39 is 0 Å². The van der Waals surface area contributed by atoms with E-state index in [9.17, 15) is 0 Å². The van der Waals surface area contributed by atoms with Crippen LogP contribution in [0.1, 0.15) is 60.8 Å². The monoisotopic (exact) mass is 297 g/mol. The molecule has 1 atom stereocenters. The van der Waals surface area contributed by atoms with Crippen LogP contribution < -0.4 is 5.73 Å². The first kappa shape index (κ1) is 18.9. The Bertz CT molecular complexity index is 274. The van der Waals surface area contributed by atoms with Gasteiger partial charge in [-0.3, -0.25) is 9.80 Å². The standard InChI is InChI=1S/C18H39N3/c1-7-20(8-2)17-9-10-21(13-17)18(14-19,11-15(3)4)12-16(5)6/h15-17H,7-14,19H2,1-6H3. The highest BCUT2D eigenvalue weighted by atomic mass is 15.3. The van der Waals surface area contributed by atoms with Crippen LogP contribution in [0.4, 0.5) is 0 Å². The van der Waals surface area contributed by atoms with E-state index in [4.69, 9.17) is 5.73 Å². The minimum atomic E-state index is 0.213. The van der Waals surface area contributed by atoms with Gasteiger partial charge < -0.3 is 5.73 Å². The van der Waals surface area contributed by atoms with Crippen molar-refractivity contribution in [2.75, 3.05) is 32.7 Å². The van der Waals surface area contributed by atoms with Crippen LogP contribution in [-0.2, 0) is 0 Å². The van der Waals surface area contributed by atoms with Crippen LogP contribution in [0, 0.1) is 11.8 Å². The number of likely N-dealkylation sites (tertiary alicyclic amines) is 1. The fourth-order valence-electron chi connectivity index (χ4n) is 4.37. The molecule has 0 bridgehead atoms. The molecule has 0 aromatic heterocycles. The van der Waals surface area contributed by atoms with Crippen molar-refractivity contribution in [3.8, 4) is 0 Å². The van der Waals surface area contributed by atoms with E-state index in [1.165, 1.54) is 45.4 Å². The highest BCUT2D eigenvalue weighted by Gasteiger charge is 2.41. The molecule has 1 saturated heterocycles. The lowest BCUT2D eigenvalue weighted by Crippen LogP contribution is -2.55. The second-order valence-electron chi connectivity index (χ2n) is 7.73. The lowest BCUT2D eigenvalue weighted by molar-refractivity contribution is 0.0671. The van der Waals surface area contributed by atoms with Gasteiger partial charge in [0, 0.05) is 31.2 Å². The van der Waals surface area contributed by atoms with Crippen LogP contribution >= 0.6 is 0 Å². The van der Waals surface area contributed by atoms with E-state index in [1.54, 1.807) is 0 Å². The Morgan fingerprint density at radius 1 is 1.10 bits per heavy atom. The van der Waals surface area contributed by atoms with Crippen LogP contribution in [0.3, 0.4) is 0 Å². The Balaban J connectivity index is 2.84. The predicted octanol–water partition coefficient (Wildman–Crippen LogP) is 3.19. The third-order valence-electron chi connectivity index (χ3n) is 5.12. The Morgan fingerprint density at radius 2 is 1.62 bits per heavy atom. The third kappa shape index (κ3) is 4.94. The SMILES string of the molecule is CCN(CC)C1CCN(C(CN)(CC(C)C)CC(C)C)C1. The first-order valence-electron chi connectivity index (χ1n) is 9.07. The molecule has 0 radical (unpaired) electrons. The summed E-state index contributed by atoms with van der Waals surface area (Å²) >= 11 is 0. The topological polar surface area (TPSA) is 32.5 Å². The quantitative estimate of drug-likeness (QED) is 0.709. The average Bonchev–Trinajstić information content (AvgIpc) is 2.88. The summed E-state index contributed by atoms with van der Waals surface area (Å²) in [4.78, 5) is 5.35. The van der Waals surface area contributed by atoms with Gasteiger partial charge in [-0.2, -0.15) is 0 Å². The molecule has 21 heavy (non-hydrogen) atoms. The largest absolute Gasteiger partial charge is 0.329 e. The number of nitrogens with two attached hydrogens (primary N) is 1. The highest BCUT2D eigenvalue weighted by Crippen LogP contribution is 2.34. The Hall–Kier alpha value is -0.120. The minimum Gasteiger partial charge on any atom is -0.329 e. The molecule has 1 aliphatic heterocycles. The van der Waals surface area contributed by atoms with Crippen molar-refractivity contribution in [2.24, 2.45) is 17.6 Å². The maximum atomic E-state index is 6.32. The maximum absolute atomic E-state index is 6.32. The van der Waals surface area contributed by atoms with Crippen molar-refractivity contribution >= 4 is 0 Å². The summed E-state index contributed by atoms with van der Waals surface area (Å²) in [7, 11) is 0. The first-order chi connectivity index (χ1) is 9.88. The van der Waals surface area contributed by atoms with E-state index in [0.29, 0.717) is 11.8 Å². The van der Waals surface area contributed by atoms with Gasteiger partial charge >= 0.3 is 0 Å². The fourth-order valence-corrected chi connectivity index (χ4v) is 4.37. The van der Waals surface area contributed by atoms with Gasteiger partial charge in [0.15, 0.2) is 0 Å². The Kier molecular flexibility index (Phi) is 7.66. The van der Waals surface area contributed by atoms with Crippen LogP contribution in [0.25, 0.3) is 0 Å². The second kappa shape index (κ2) is 8.50. The summed E-state index contributed by atoms with van der Waals surface area (Å²) in [5.41, 5.74) is 6.53. The lowest BCUT2D eigenvalue weighted by Gasteiger charge is -2.44. The first-order valence-corrected chi connectivity index (χ1v) is 9.07. The van der Waals surface area contributed by atoms with E-state index in [2.05, 4.69) is 51.3 Å². The third-order valence-corrected chi connectivity index (χ3v) is 5.12. The predicted molar refractivity (Wildman–Crippen MR) is 93.6 cm³/mol. The molecular formula is C18H39N3. The van der Waals surface area contributed by atoms with Crippen LogP contribution in [0.5, 0.6) is 0 Å². The number of likely N-dealkylation sites (N-methyl/N-ethyl adjacent to an activating group) is 1. The average molecular weight is 298 g/mol. The molecule has 0 saturated carbocycles. The van der Waals surface area contributed by atoms with Gasteiger partial charge in [0.2, 0.25) is 0 Å². The number of rotatable bonds is 9. The van der Waals surface area contributed by atoms with Gasteiger partial charge in [0.05, 0.1) is 0 Å². The molecule has 1 unspecified atom stereocenters. The summed E-state index contributed by atoms with van der Waals surface area (Å²) < 4.78 is 0. The highest BCUT2D eigenvalue weighted by molar-refractivity contribution is 4.98. The van der Waals surface area contributed by atoms with Crippen molar-refractivity contribution < 1.29 is 0 Å². The zero-order chi connectivity index (χ0) is 16.0. The number of nitrogens with zero attached hydrogens (tertiary/aromatic N) is 2. The van der Waals surface area contributed by atoms with Crippen LogP contribution in [-0.4, -0.2) is 54.1 Å². The molecule has 3 heteroatoms. The normalized spacial score (nSPS) is 21.1. The zero-order valence-corrected chi connectivity index (χ0v) is 15.4. The van der Waals surface area contributed by atoms with E-state index in [1.807, 2.05) is 0 Å². The zero-order valence-electron chi connectivity index (χ0n) is 15.4. The molecule has 1 aliphatic rings. The van der Waals surface area contributed by atoms with E-state index in [-0.39, 0.29) is 5.54 Å². The maximum Gasteiger partial charge on any atom is 0.0337 e. The molecular weight excluding hydrogens is 258 g/mol. The van der Waals surface area contributed by atoms with Crippen molar-refractivity contribution in [3.63, 3.8) is 0 Å². The van der Waals surface area contributed by atoms with Gasteiger partial charge in [-0.25, -0.2) is 0 Å². The van der Waals surface area contributed by atoms with Crippen LogP contribution in [0.2, 0.25) is 0 Å². The molecule has 0 aliphatic carbocycles. The minimum absolute atomic E-state index is 0.213. The summed E-state index contributed by atoms with van der Waals surface area (Å²) in [5.74, 6) is 1.42. The summed E-state index contributed by atoms with van der Waals surface area (Å²) in [6, 6.07) is 0.727. The Labute approximate surface area is 133 Å². The number of hydrogen-bond acceptors (Lipinski definition) is 3. The van der Waals surface area contributed by atoms with Crippen molar-refractivity contribution in [1.82, 2.24) is 9.80 Å². The molecule has 3 nitrogen and oxygen atoms in total. The Morgan fingerprint density at radius 3 is 2.00 bits per heavy atom. The molecule has 0 amide bonds. The van der Waals surface area contributed by atoms with Crippen molar-refractivity contribution in [1.29, 1.82) is 0 Å². The summed E-state index contributed by atoms with van der Waals surface area (Å²) in [5, 5.41) is 0. The van der Waals surface area contributed by atoms with Crippen LogP contribution in [0.15, 0.2) is 0 Å². The van der Waals surface area contributed by atoms with Gasteiger partial charge in [-0.05, 0) is 44.2 Å². The summed E-state index contributed by atoms with van der Waals surface area (Å²) in [6.45, 7) is 19.5. The second-order valence-corrected chi connectivity index (χ2v) is 7.73. The van der Waals surface area contributed by atoms with E-state index in [0.717, 1.165) is 12.6 Å². The van der Waals surface area contributed by atoms with Crippen molar-refractivity contribution in [2.45, 2.75) is 72.4 Å². The molecule has 1 heterocycles. The van der Waals surface area contributed by atoms with E-state index >= 15 is 0 Å². The number of hydrogen-bond donors (Lipinski definition) is 1. The molecule has 0 aromatic carbocycles. The smallest absolute Gasteiger partial charge is 0.0337 e. The molecule has 1 rings (SSSR count). The van der Waals surface area contributed by atoms with Gasteiger partial charge in [0.25, 0.3) is 0 Å². The molecule has 126 valence electrons.